The number of ether oxygens (including phenoxy) is 1. The molecule has 134 valence electrons. The van der Waals surface area contributed by atoms with E-state index in [1.165, 1.54) is 5.56 Å². The van der Waals surface area contributed by atoms with E-state index in [4.69, 9.17) is 15.5 Å². The monoisotopic (exact) mass is 367 g/mol. The van der Waals surface area contributed by atoms with Gasteiger partial charge < -0.3 is 10.5 Å². The molecule has 0 aliphatic carbocycles. The molecule has 1 aliphatic heterocycles. The van der Waals surface area contributed by atoms with Crippen LogP contribution < -0.4 is 5.73 Å². The Kier molecular flexibility index (Phi) is 4.72. The molecule has 0 radical (unpaired) electrons. The summed E-state index contributed by atoms with van der Waals surface area (Å²) in [6.45, 7) is 4.61. The molecule has 4 rings (SSSR count). The van der Waals surface area contributed by atoms with Crippen LogP contribution in [-0.4, -0.2) is 41.6 Å². The van der Waals surface area contributed by atoms with Gasteiger partial charge in [-0.3, -0.25) is 9.69 Å². The van der Waals surface area contributed by atoms with Gasteiger partial charge in [0.2, 0.25) is 5.91 Å². The average Bonchev–Trinajstić information content (AvgIpc) is 3.16. The van der Waals surface area contributed by atoms with Gasteiger partial charge in [0.15, 0.2) is 0 Å². The van der Waals surface area contributed by atoms with Crippen molar-refractivity contribution in [2.24, 2.45) is 5.73 Å². The number of thiophene rings is 1. The number of fused-ring (bicyclic) bond motifs is 1. The third-order valence-electron chi connectivity index (χ3n) is 4.67. The van der Waals surface area contributed by atoms with Gasteiger partial charge >= 0.3 is 0 Å². The highest BCUT2D eigenvalue weighted by Gasteiger charge is 2.25. The largest absolute Gasteiger partial charge is 0.367 e. The van der Waals surface area contributed by atoms with Gasteiger partial charge in [0.25, 0.3) is 0 Å². The first kappa shape index (κ1) is 17.1. The molecule has 2 N–H and O–H groups in total. The topological polar surface area (TPSA) is 68.5 Å². The molecule has 1 aliphatic rings. The number of primary amides is 1. The number of nitrogens with two attached hydrogens (primary N) is 1. The van der Waals surface area contributed by atoms with E-state index < -0.39 is 12.0 Å². The van der Waals surface area contributed by atoms with Crippen LogP contribution in [0.4, 0.5) is 0 Å². The standard InChI is InChI=1S/C20H21N3O2S/c1-13-4-5-14-10-15(11-23-6-7-25-17(12-23)20(21)24)19(22-16(14)9-13)18-3-2-8-26-18/h2-5,8-10,17H,6-7,11-12H2,1H3,(H2,21,24)/t17-/m1/s1. The van der Waals surface area contributed by atoms with Crippen molar-refractivity contribution >= 4 is 28.1 Å². The second-order valence-electron chi connectivity index (χ2n) is 6.67. The predicted octanol–water partition coefficient (Wildman–Crippen LogP) is 2.96. The lowest BCUT2D eigenvalue weighted by atomic mass is 10.1. The summed E-state index contributed by atoms with van der Waals surface area (Å²) in [5.74, 6) is -0.403. The molecule has 6 heteroatoms. The van der Waals surface area contributed by atoms with Gasteiger partial charge in [0.1, 0.15) is 6.10 Å². The fraction of sp³-hybridized carbons (Fsp3) is 0.300. The fourth-order valence-corrected chi connectivity index (χ4v) is 4.08. The zero-order valence-corrected chi connectivity index (χ0v) is 15.5. The highest BCUT2D eigenvalue weighted by atomic mass is 32.1. The van der Waals surface area contributed by atoms with Gasteiger partial charge in [0, 0.05) is 25.0 Å². The summed E-state index contributed by atoms with van der Waals surface area (Å²) in [5.41, 5.74) is 9.80. The molecule has 0 unspecified atom stereocenters. The molecule has 1 atom stereocenters. The van der Waals surface area contributed by atoms with Crippen molar-refractivity contribution < 1.29 is 9.53 Å². The summed E-state index contributed by atoms with van der Waals surface area (Å²) in [6, 6.07) is 12.7. The predicted molar refractivity (Wildman–Crippen MR) is 104 cm³/mol. The van der Waals surface area contributed by atoms with Gasteiger partial charge in [-0.1, -0.05) is 18.2 Å². The van der Waals surface area contributed by atoms with E-state index in [2.05, 4.69) is 47.5 Å². The van der Waals surface area contributed by atoms with Gasteiger partial charge in [0.05, 0.1) is 22.7 Å². The van der Waals surface area contributed by atoms with Crippen LogP contribution >= 0.6 is 11.3 Å². The molecule has 1 aromatic carbocycles. The summed E-state index contributed by atoms with van der Waals surface area (Å²) in [6.07, 6.45) is -0.537. The van der Waals surface area contributed by atoms with Crippen molar-refractivity contribution in [1.29, 1.82) is 0 Å². The van der Waals surface area contributed by atoms with Crippen molar-refractivity contribution in [2.45, 2.75) is 19.6 Å². The summed E-state index contributed by atoms with van der Waals surface area (Å²) < 4.78 is 5.46. The SMILES string of the molecule is Cc1ccc2cc(CN3CCO[C@@H](C(N)=O)C3)c(-c3cccs3)nc2c1. The highest BCUT2D eigenvalue weighted by Crippen LogP contribution is 2.30. The van der Waals surface area contributed by atoms with Crippen LogP contribution in [0.1, 0.15) is 11.1 Å². The second kappa shape index (κ2) is 7.15. The Morgan fingerprint density at radius 3 is 3.04 bits per heavy atom. The third kappa shape index (κ3) is 3.49. The summed E-state index contributed by atoms with van der Waals surface area (Å²) in [5, 5.41) is 3.20. The van der Waals surface area contributed by atoms with Crippen LogP contribution in [0.25, 0.3) is 21.5 Å². The number of carbonyl (C=O) groups excluding carboxylic acids is 1. The Balaban J connectivity index is 1.72. The number of nitrogens with zero attached hydrogens (tertiary/aromatic N) is 2. The summed E-state index contributed by atoms with van der Waals surface area (Å²) in [4.78, 5) is 19.8. The Hall–Kier alpha value is -2.28. The molecule has 26 heavy (non-hydrogen) atoms. The van der Waals surface area contributed by atoms with Crippen molar-refractivity contribution in [1.82, 2.24) is 9.88 Å². The van der Waals surface area contributed by atoms with E-state index in [-0.39, 0.29) is 0 Å². The Labute approximate surface area is 156 Å². The van der Waals surface area contributed by atoms with Crippen LogP contribution in [0.2, 0.25) is 0 Å². The van der Waals surface area contributed by atoms with E-state index in [0.717, 1.165) is 40.1 Å². The lowest BCUT2D eigenvalue weighted by Gasteiger charge is -2.31. The quantitative estimate of drug-likeness (QED) is 0.770. The van der Waals surface area contributed by atoms with E-state index in [9.17, 15) is 4.79 Å². The van der Waals surface area contributed by atoms with E-state index >= 15 is 0 Å². The summed E-state index contributed by atoms with van der Waals surface area (Å²) in [7, 11) is 0. The normalized spacial score (nSPS) is 18.3. The minimum atomic E-state index is -0.537. The lowest BCUT2D eigenvalue weighted by molar-refractivity contribution is -0.135. The molecule has 0 saturated carbocycles. The van der Waals surface area contributed by atoms with Crippen LogP contribution in [0.15, 0.2) is 41.8 Å². The molecule has 0 spiro atoms. The lowest BCUT2D eigenvalue weighted by Crippen LogP contribution is -2.47. The first-order valence-electron chi connectivity index (χ1n) is 8.67. The van der Waals surface area contributed by atoms with E-state index in [0.29, 0.717) is 13.2 Å². The van der Waals surface area contributed by atoms with Crippen LogP contribution in [0, 0.1) is 6.92 Å². The van der Waals surface area contributed by atoms with Crippen molar-refractivity contribution in [2.75, 3.05) is 19.7 Å². The molecule has 5 nitrogen and oxygen atoms in total. The van der Waals surface area contributed by atoms with Gasteiger partial charge in [-0.2, -0.15) is 0 Å². The molecule has 2 aromatic heterocycles. The molecule has 3 heterocycles. The van der Waals surface area contributed by atoms with Crippen LogP contribution in [-0.2, 0) is 16.1 Å². The maximum atomic E-state index is 11.5. The first-order chi connectivity index (χ1) is 12.6. The summed E-state index contributed by atoms with van der Waals surface area (Å²) >= 11 is 1.69. The molecular formula is C20H21N3O2S. The zero-order valence-electron chi connectivity index (χ0n) is 14.6. The van der Waals surface area contributed by atoms with Gasteiger partial charge in [-0.05, 0) is 41.6 Å². The number of aromatic nitrogens is 1. The number of hydrogen-bond donors (Lipinski definition) is 1. The van der Waals surface area contributed by atoms with Crippen molar-refractivity contribution in [3.63, 3.8) is 0 Å². The number of benzene rings is 1. The zero-order chi connectivity index (χ0) is 18.1. The molecule has 0 bridgehead atoms. The maximum Gasteiger partial charge on any atom is 0.247 e. The molecule has 1 saturated heterocycles. The Morgan fingerprint density at radius 1 is 1.38 bits per heavy atom. The van der Waals surface area contributed by atoms with E-state index in [1.807, 2.05) is 6.07 Å². The minimum absolute atomic E-state index is 0.403. The smallest absolute Gasteiger partial charge is 0.247 e. The minimum Gasteiger partial charge on any atom is -0.367 e. The Morgan fingerprint density at radius 2 is 2.27 bits per heavy atom. The number of rotatable bonds is 4. The average molecular weight is 367 g/mol. The molecule has 1 fully saturated rings. The third-order valence-corrected chi connectivity index (χ3v) is 5.55. The molecule has 1 amide bonds. The van der Waals surface area contributed by atoms with Crippen molar-refractivity contribution in [3.05, 3.63) is 52.9 Å². The number of carbonyl (C=O) groups is 1. The van der Waals surface area contributed by atoms with Crippen LogP contribution in [0.5, 0.6) is 0 Å². The van der Waals surface area contributed by atoms with Crippen LogP contribution in [0.3, 0.4) is 0 Å². The second-order valence-corrected chi connectivity index (χ2v) is 7.61. The Bertz CT molecular complexity index is 940. The first-order valence-corrected chi connectivity index (χ1v) is 9.55. The number of morpholine rings is 1. The maximum absolute atomic E-state index is 11.5. The van der Waals surface area contributed by atoms with E-state index in [1.54, 1.807) is 11.3 Å². The van der Waals surface area contributed by atoms with Gasteiger partial charge in [-0.15, -0.1) is 11.3 Å². The number of aryl methyl sites for hydroxylation is 1. The number of hydrogen-bond acceptors (Lipinski definition) is 5. The highest BCUT2D eigenvalue weighted by molar-refractivity contribution is 7.13. The molecule has 3 aromatic rings. The fourth-order valence-electron chi connectivity index (χ4n) is 3.33. The molecular weight excluding hydrogens is 346 g/mol. The number of amides is 1. The number of pyridine rings is 1. The van der Waals surface area contributed by atoms with Crippen molar-refractivity contribution in [3.8, 4) is 10.6 Å². The van der Waals surface area contributed by atoms with Gasteiger partial charge in [-0.25, -0.2) is 4.98 Å².